The van der Waals surface area contributed by atoms with E-state index in [0.29, 0.717) is 11.1 Å². The van der Waals surface area contributed by atoms with Crippen molar-refractivity contribution in [3.63, 3.8) is 0 Å². The van der Waals surface area contributed by atoms with Crippen molar-refractivity contribution in [3.05, 3.63) is 40.7 Å². The van der Waals surface area contributed by atoms with Crippen molar-refractivity contribution >= 4 is 23.4 Å². The minimum Gasteiger partial charge on any atom is -0.325 e. The summed E-state index contributed by atoms with van der Waals surface area (Å²) >= 11 is 1.35. The second kappa shape index (κ2) is 6.30. The van der Waals surface area contributed by atoms with Crippen molar-refractivity contribution in [2.24, 2.45) is 5.41 Å². The molecule has 0 radical (unpaired) electrons. The third-order valence-corrected chi connectivity index (χ3v) is 7.61. The van der Waals surface area contributed by atoms with Crippen LogP contribution in [0.1, 0.15) is 62.0 Å². The van der Waals surface area contributed by atoms with Gasteiger partial charge in [0.1, 0.15) is 0 Å². The molecule has 4 rings (SSSR count). The summed E-state index contributed by atoms with van der Waals surface area (Å²) in [4.78, 5) is 17.2. The highest BCUT2D eigenvalue weighted by Crippen LogP contribution is 2.66. The number of nitrogens with one attached hydrogen (secondary N) is 1. The van der Waals surface area contributed by atoms with E-state index >= 15 is 0 Å². The van der Waals surface area contributed by atoms with E-state index in [1.807, 2.05) is 32.0 Å². The molecule has 2 atom stereocenters. The fraction of sp³-hybridized carbons (Fsp3) is 0.524. The third-order valence-electron chi connectivity index (χ3n) is 6.77. The number of nitrogens with zero attached hydrogens (tertiary/aromatic N) is 3. The van der Waals surface area contributed by atoms with Gasteiger partial charge < -0.3 is 5.32 Å². The maximum Gasteiger partial charge on any atom is 0.234 e. The number of benzene rings is 1. The summed E-state index contributed by atoms with van der Waals surface area (Å²) in [6.07, 6.45) is 2.31. The van der Waals surface area contributed by atoms with E-state index in [1.165, 1.54) is 11.8 Å². The van der Waals surface area contributed by atoms with Gasteiger partial charge in [-0.05, 0) is 49.3 Å². The first-order chi connectivity index (χ1) is 12.7. The summed E-state index contributed by atoms with van der Waals surface area (Å²) in [5.41, 5.74) is 5.43. The Morgan fingerprint density at radius 2 is 2.04 bits per heavy atom. The molecule has 0 unspecified atom stereocenters. The fourth-order valence-corrected chi connectivity index (χ4v) is 5.20. The zero-order valence-corrected chi connectivity index (χ0v) is 17.4. The smallest absolute Gasteiger partial charge is 0.234 e. The molecule has 142 valence electrons. The van der Waals surface area contributed by atoms with Gasteiger partial charge in [0.2, 0.25) is 11.1 Å². The Balaban J connectivity index is 1.46. The summed E-state index contributed by atoms with van der Waals surface area (Å²) in [6, 6.07) is 6.05. The highest BCUT2D eigenvalue weighted by atomic mass is 32.2. The van der Waals surface area contributed by atoms with Crippen LogP contribution in [0.2, 0.25) is 0 Å². The van der Waals surface area contributed by atoms with Crippen LogP contribution in [0.5, 0.6) is 0 Å². The van der Waals surface area contributed by atoms with E-state index in [4.69, 9.17) is 4.98 Å². The van der Waals surface area contributed by atoms with Crippen LogP contribution < -0.4 is 5.32 Å². The number of amides is 1. The molecule has 2 bridgehead atoms. The van der Waals surface area contributed by atoms with Crippen LogP contribution in [-0.4, -0.2) is 26.8 Å². The average molecular weight is 383 g/mol. The Kier molecular flexibility index (Phi) is 4.29. The molecule has 2 aliphatic rings. The van der Waals surface area contributed by atoms with E-state index in [2.05, 4.69) is 36.3 Å². The first kappa shape index (κ1) is 18.4. The number of rotatable bonds is 4. The second-order valence-corrected chi connectivity index (χ2v) is 9.57. The van der Waals surface area contributed by atoms with Gasteiger partial charge in [-0.15, -0.1) is 5.10 Å². The zero-order valence-electron chi connectivity index (χ0n) is 16.6. The van der Waals surface area contributed by atoms with Crippen molar-refractivity contribution in [2.45, 2.75) is 63.9 Å². The largest absolute Gasteiger partial charge is 0.325 e. The molecule has 1 saturated carbocycles. The van der Waals surface area contributed by atoms with Gasteiger partial charge in [-0.3, -0.25) is 4.79 Å². The lowest BCUT2D eigenvalue weighted by Crippen LogP contribution is -2.32. The molecule has 5 nitrogen and oxygen atoms in total. The van der Waals surface area contributed by atoms with Crippen molar-refractivity contribution in [1.82, 2.24) is 15.2 Å². The molecule has 1 fully saturated rings. The number of aryl methyl sites for hydroxylation is 2. The van der Waals surface area contributed by atoms with Gasteiger partial charge in [-0.2, -0.15) is 5.10 Å². The fourth-order valence-electron chi connectivity index (χ4n) is 4.61. The summed E-state index contributed by atoms with van der Waals surface area (Å²) in [7, 11) is 0. The van der Waals surface area contributed by atoms with Crippen LogP contribution in [0.25, 0.3) is 0 Å². The number of aromatic nitrogens is 3. The van der Waals surface area contributed by atoms with Crippen LogP contribution >= 0.6 is 11.8 Å². The predicted octanol–water partition coefficient (Wildman–Crippen LogP) is 4.39. The van der Waals surface area contributed by atoms with Gasteiger partial charge in [0, 0.05) is 17.0 Å². The zero-order chi connectivity index (χ0) is 19.4. The highest BCUT2D eigenvalue weighted by molar-refractivity contribution is 7.99. The van der Waals surface area contributed by atoms with Gasteiger partial charge in [-0.25, -0.2) is 4.98 Å². The predicted molar refractivity (Wildman–Crippen MR) is 108 cm³/mol. The Morgan fingerprint density at radius 1 is 1.26 bits per heavy atom. The Bertz CT molecular complexity index is 926. The molecule has 2 aliphatic carbocycles. The van der Waals surface area contributed by atoms with E-state index in [9.17, 15) is 4.79 Å². The molecule has 1 amide bonds. The highest BCUT2D eigenvalue weighted by Gasteiger charge is 2.61. The lowest BCUT2D eigenvalue weighted by molar-refractivity contribution is -0.113. The van der Waals surface area contributed by atoms with Gasteiger partial charge in [0.15, 0.2) is 0 Å². The van der Waals surface area contributed by atoms with Gasteiger partial charge in [0.05, 0.1) is 17.1 Å². The molecular weight excluding hydrogens is 356 g/mol. The molecule has 1 aromatic heterocycles. The normalized spacial score (nSPS) is 24.7. The molecule has 27 heavy (non-hydrogen) atoms. The minimum atomic E-state index is -0.0501. The maximum atomic E-state index is 12.4. The van der Waals surface area contributed by atoms with Gasteiger partial charge in [0.25, 0.3) is 0 Å². The number of carbonyl (C=O) groups excluding carboxylic acids is 1. The van der Waals surface area contributed by atoms with Gasteiger partial charge >= 0.3 is 0 Å². The van der Waals surface area contributed by atoms with E-state index in [-0.39, 0.29) is 22.5 Å². The molecule has 1 N–H and O–H groups in total. The van der Waals surface area contributed by atoms with Crippen LogP contribution in [0, 0.1) is 19.3 Å². The molecule has 6 heteroatoms. The van der Waals surface area contributed by atoms with Crippen LogP contribution in [-0.2, 0) is 10.2 Å². The SMILES string of the molecule is Cc1ccc(C)c(NC(=O)CSc2nnc3c(n2)[C@]2(C)CC[C@H]3C2(C)C)c1. The first-order valence-electron chi connectivity index (χ1n) is 9.47. The Hall–Kier alpha value is -1.95. The second-order valence-electron chi connectivity index (χ2n) is 8.63. The first-order valence-corrected chi connectivity index (χ1v) is 10.5. The maximum absolute atomic E-state index is 12.4. The van der Waals surface area contributed by atoms with E-state index in [1.54, 1.807) is 0 Å². The number of hydrogen-bond acceptors (Lipinski definition) is 5. The molecule has 1 aromatic carbocycles. The molecule has 2 aromatic rings. The van der Waals surface area contributed by atoms with Gasteiger partial charge in [-0.1, -0.05) is 44.7 Å². The average Bonchev–Trinajstić information content (AvgIpc) is 2.95. The lowest BCUT2D eigenvalue weighted by atomic mass is 9.70. The summed E-state index contributed by atoms with van der Waals surface area (Å²) in [5, 5.41) is 12.4. The van der Waals surface area contributed by atoms with Crippen LogP contribution in [0.3, 0.4) is 0 Å². The summed E-state index contributed by atoms with van der Waals surface area (Å²) in [5.74, 6) is 0.673. The molecule has 0 spiro atoms. The quantitative estimate of drug-likeness (QED) is 0.794. The Labute approximate surface area is 164 Å². The number of hydrogen-bond donors (Lipinski definition) is 1. The summed E-state index contributed by atoms with van der Waals surface area (Å²) in [6.45, 7) is 10.9. The topological polar surface area (TPSA) is 67.8 Å². The number of carbonyl (C=O) groups is 1. The third kappa shape index (κ3) is 2.85. The standard InChI is InChI=1S/C21H26N4OS/c1-12-6-7-13(2)15(10-12)22-16(26)11-27-19-23-18-17(24-25-19)14-8-9-21(18,5)20(14,3)4/h6-7,10,14H,8-9,11H2,1-5H3,(H,22,26)/t14-,21+/m1/s1. The van der Waals surface area contributed by atoms with Crippen molar-refractivity contribution in [2.75, 3.05) is 11.1 Å². The van der Waals surface area contributed by atoms with Crippen LogP contribution in [0.4, 0.5) is 5.69 Å². The number of anilines is 1. The molecular formula is C21H26N4OS. The number of thioether (sulfide) groups is 1. The van der Waals surface area contributed by atoms with E-state index < -0.39 is 0 Å². The molecule has 0 aliphatic heterocycles. The lowest BCUT2D eigenvalue weighted by Gasteiger charge is -2.33. The molecule has 1 heterocycles. The van der Waals surface area contributed by atoms with Crippen LogP contribution in [0.15, 0.2) is 23.4 Å². The molecule has 0 saturated heterocycles. The number of fused-ring (bicyclic) bond motifs is 5. The van der Waals surface area contributed by atoms with Crippen molar-refractivity contribution in [3.8, 4) is 0 Å². The van der Waals surface area contributed by atoms with E-state index in [0.717, 1.165) is 41.0 Å². The van der Waals surface area contributed by atoms with Crippen molar-refractivity contribution in [1.29, 1.82) is 0 Å². The summed E-state index contributed by atoms with van der Waals surface area (Å²) < 4.78 is 0. The minimum absolute atomic E-state index is 0.0501. The Morgan fingerprint density at radius 3 is 2.81 bits per heavy atom. The van der Waals surface area contributed by atoms with Crippen molar-refractivity contribution < 1.29 is 4.79 Å². The monoisotopic (exact) mass is 382 g/mol.